The minimum atomic E-state index is -4.60. The van der Waals surface area contributed by atoms with Crippen LogP contribution in [0.15, 0.2) is 72.9 Å². The fourth-order valence-corrected chi connectivity index (χ4v) is 10.7. The zero-order chi connectivity index (χ0) is 57.7. The molecule has 0 saturated heterocycles. The lowest BCUT2D eigenvalue weighted by molar-refractivity contribution is -0.870. The summed E-state index contributed by atoms with van der Waals surface area (Å²) >= 11 is 0. The smallest absolute Gasteiger partial charge is 0.268 e. The fourth-order valence-electron chi connectivity index (χ4n) is 9.95. The van der Waals surface area contributed by atoms with Gasteiger partial charge in [-0.3, -0.25) is 9.36 Å². The van der Waals surface area contributed by atoms with Crippen molar-refractivity contribution in [2.45, 2.75) is 328 Å². The van der Waals surface area contributed by atoms with E-state index in [0.717, 1.165) is 70.6 Å². The number of likely N-dealkylation sites (N-methyl/N-ethyl adjacent to an activating group) is 1. The van der Waals surface area contributed by atoms with Crippen molar-refractivity contribution < 1.29 is 32.9 Å². The first-order chi connectivity index (χ1) is 38.5. The summed E-state index contributed by atoms with van der Waals surface area (Å²) in [5.74, 6) is -0.194. The Bertz CT molecular complexity index is 1520. The minimum Gasteiger partial charge on any atom is -0.756 e. The number of carbonyl (C=O) groups is 1. The average molecular weight is 1130 g/mol. The molecule has 462 valence electrons. The second kappa shape index (κ2) is 60.5. The Labute approximate surface area is 491 Å². The Kier molecular flexibility index (Phi) is 59.0. The van der Waals surface area contributed by atoms with Gasteiger partial charge in [0.1, 0.15) is 13.2 Å². The molecule has 0 spiro atoms. The van der Waals surface area contributed by atoms with E-state index < -0.39 is 20.0 Å². The third kappa shape index (κ3) is 63.4. The van der Waals surface area contributed by atoms with Gasteiger partial charge < -0.3 is 28.8 Å². The number of allylic oxidation sites excluding steroid dienone is 11. The summed E-state index contributed by atoms with van der Waals surface area (Å²) in [5, 5.41) is 14.0. The third-order valence-corrected chi connectivity index (χ3v) is 16.1. The summed E-state index contributed by atoms with van der Waals surface area (Å²) in [6.45, 7) is 4.58. The molecule has 0 aromatic rings. The molecule has 3 unspecified atom stereocenters. The lowest BCUT2D eigenvalue weighted by Gasteiger charge is -2.29. The van der Waals surface area contributed by atoms with Gasteiger partial charge in [0.05, 0.1) is 39.9 Å². The number of nitrogens with one attached hydrogen (secondary N) is 1. The molecule has 9 heteroatoms. The Hall–Kier alpha value is -2.06. The van der Waals surface area contributed by atoms with E-state index in [2.05, 4.69) is 79.9 Å². The molecular formula is C70H131N2O6P. The first-order valence-corrected chi connectivity index (χ1v) is 35.3. The van der Waals surface area contributed by atoms with Crippen LogP contribution in [0.3, 0.4) is 0 Å². The Balaban J connectivity index is 4.07. The summed E-state index contributed by atoms with van der Waals surface area (Å²) in [6, 6.07) is -0.890. The molecule has 8 nitrogen and oxygen atoms in total. The Morgan fingerprint density at radius 2 is 0.772 bits per heavy atom. The van der Waals surface area contributed by atoms with Crippen molar-refractivity contribution in [3.63, 3.8) is 0 Å². The molecule has 0 rings (SSSR count). The molecule has 0 aromatic heterocycles. The van der Waals surface area contributed by atoms with Crippen molar-refractivity contribution >= 4 is 13.7 Å². The van der Waals surface area contributed by atoms with Crippen molar-refractivity contribution in [1.82, 2.24) is 5.32 Å². The largest absolute Gasteiger partial charge is 0.756 e. The lowest BCUT2D eigenvalue weighted by Crippen LogP contribution is -2.45. The van der Waals surface area contributed by atoms with Crippen molar-refractivity contribution in [3.05, 3.63) is 72.9 Å². The van der Waals surface area contributed by atoms with Crippen molar-refractivity contribution in [2.75, 3.05) is 40.9 Å². The molecule has 0 bridgehead atoms. The first-order valence-electron chi connectivity index (χ1n) is 33.8. The summed E-state index contributed by atoms with van der Waals surface area (Å²) < 4.78 is 23.4. The highest BCUT2D eigenvalue weighted by atomic mass is 31.2. The van der Waals surface area contributed by atoms with Crippen molar-refractivity contribution in [1.29, 1.82) is 0 Å². The molecule has 0 aliphatic carbocycles. The highest BCUT2D eigenvalue weighted by molar-refractivity contribution is 7.45. The molecule has 2 N–H and O–H groups in total. The quantitative estimate of drug-likeness (QED) is 0.0272. The summed E-state index contributed by atoms with van der Waals surface area (Å²) in [4.78, 5) is 25.6. The molecule has 0 aliphatic rings. The number of carbonyl (C=O) groups excluding carboxylic acids is 1. The van der Waals surface area contributed by atoms with Crippen LogP contribution in [0.4, 0.5) is 0 Å². The van der Waals surface area contributed by atoms with Gasteiger partial charge in [0.25, 0.3) is 7.82 Å². The van der Waals surface area contributed by atoms with E-state index in [4.69, 9.17) is 9.05 Å². The first kappa shape index (κ1) is 76.9. The molecule has 0 radical (unpaired) electrons. The molecule has 0 heterocycles. The molecule has 3 atom stereocenters. The summed E-state index contributed by atoms with van der Waals surface area (Å²) in [6.07, 6.45) is 84.4. The highest BCUT2D eigenvalue weighted by Gasteiger charge is 2.23. The number of hydrogen-bond donors (Lipinski definition) is 2. The zero-order valence-electron chi connectivity index (χ0n) is 52.8. The van der Waals surface area contributed by atoms with Gasteiger partial charge in [0.15, 0.2) is 0 Å². The van der Waals surface area contributed by atoms with Gasteiger partial charge >= 0.3 is 0 Å². The monoisotopic (exact) mass is 1130 g/mol. The number of nitrogens with zero attached hydrogens (tertiary/aromatic N) is 1. The number of unbranched alkanes of at least 4 members (excludes halogenated alkanes) is 39. The number of phosphoric acid groups is 1. The van der Waals surface area contributed by atoms with Crippen LogP contribution < -0.4 is 10.2 Å². The number of hydrogen-bond acceptors (Lipinski definition) is 6. The fraction of sp³-hybridized carbons (Fsp3) is 0.814. The molecule has 1 amide bonds. The van der Waals surface area contributed by atoms with Crippen molar-refractivity contribution in [2.24, 2.45) is 0 Å². The van der Waals surface area contributed by atoms with E-state index >= 15 is 0 Å². The predicted molar refractivity (Wildman–Crippen MR) is 344 cm³/mol. The molecular weight excluding hydrogens is 996 g/mol. The number of rotatable bonds is 62. The van der Waals surface area contributed by atoms with Gasteiger partial charge in [-0.25, -0.2) is 0 Å². The van der Waals surface area contributed by atoms with Crippen LogP contribution in [0.25, 0.3) is 0 Å². The number of aliphatic hydroxyl groups excluding tert-OH is 1. The van der Waals surface area contributed by atoms with Crippen LogP contribution in [0.5, 0.6) is 0 Å². The van der Waals surface area contributed by atoms with Gasteiger partial charge in [0.2, 0.25) is 5.91 Å². The number of aliphatic hydroxyl groups is 1. The second-order valence-corrected chi connectivity index (χ2v) is 25.6. The summed E-state index contributed by atoms with van der Waals surface area (Å²) in [7, 11) is 1.27. The maximum Gasteiger partial charge on any atom is 0.268 e. The zero-order valence-corrected chi connectivity index (χ0v) is 53.7. The van der Waals surface area contributed by atoms with Crippen LogP contribution in [0.1, 0.15) is 316 Å². The third-order valence-electron chi connectivity index (χ3n) is 15.2. The Morgan fingerprint density at radius 3 is 1.13 bits per heavy atom. The van der Waals surface area contributed by atoms with Gasteiger partial charge in [-0.05, 0) is 64.2 Å². The van der Waals surface area contributed by atoms with Crippen LogP contribution in [0, 0.1) is 0 Å². The van der Waals surface area contributed by atoms with Crippen LogP contribution in [-0.2, 0) is 18.4 Å². The maximum absolute atomic E-state index is 13.0. The molecule has 0 aromatic carbocycles. The van der Waals surface area contributed by atoms with E-state index in [1.807, 2.05) is 27.2 Å². The maximum atomic E-state index is 13.0. The molecule has 79 heavy (non-hydrogen) atoms. The topological polar surface area (TPSA) is 108 Å². The normalized spacial score (nSPS) is 14.2. The van der Waals surface area contributed by atoms with Crippen molar-refractivity contribution in [3.8, 4) is 0 Å². The van der Waals surface area contributed by atoms with E-state index in [0.29, 0.717) is 17.4 Å². The van der Waals surface area contributed by atoms with E-state index in [9.17, 15) is 19.4 Å². The number of phosphoric ester groups is 1. The SMILES string of the molecule is CC/C=C\C/C=C\C/C=C\C/C=C\C/C=C\CCCCCCCCCCCCCCCCCCCC(=O)NC(COP(=O)([O-])OCC[N+](C)(C)C)C(O)/C=C/CCCCCCCCCCCCCCCCCCCCCCCC. The van der Waals surface area contributed by atoms with Gasteiger partial charge in [-0.15, -0.1) is 0 Å². The molecule has 0 aliphatic heterocycles. The van der Waals surface area contributed by atoms with Gasteiger partial charge in [-0.2, -0.15) is 0 Å². The lowest BCUT2D eigenvalue weighted by atomic mass is 10.0. The minimum absolute atomic E-state index is 0.00140. The summed E-state index contributed by atoms with van der Waals surface area (Å²) in [5.41, 5.74) is 0. The molecule has 0 saturated carbocycles. The van der Waals surface area contributed by atoms with Gasteiger partial charge in [0, 0.05) is 6.42 Å². The average Bonchev–Trinajstić information content (AvgIpc) is 3.42. The standard InChI is InChI=1S/C70H131N2O6P/c1-6-8-10-12-14-16-18-20-22-24-26-28-30-32-33-34-35-36-37-38-39-40-42-44-46-48-50-52-54-56-58-60-62-64-70(74)71-68(67-78-79(75,76)77-66-65-72(3,4)5)69(73)63-61-59-57-55-53-51-49-47-45-43-41-31-29-27-25-23-21-19-17-15-13-11-9-7-2/h8,10,14,16,20,22,26,28,32-33,61,63,68-69,73H,6-7,9,11-13,15,17-19,21,23-25,27,29-31,34-60,62,64-67H2,1-5H3,(H-,71,74,75,76)/b10-8-,16-14-,22-20-,28-26-,33-32-,63-61+. The second-order valence-electron chi connectivity index (χ2n) is 24.2. The van der Waals surface area contributed by atoms with Crippen LogP contribution in [-0.4, -0.2) is 68.5 Å². The predicted octanol–water partition coefficient (Wildman–Crippen LogP) is 20.8. The number of amides is 1. The Morgan fingerprint density at radius 1 is 0.456 bits per heavy atom. The molecule has 0 fully saturated rings. The van der Waals surface area contributed by atoms with Crippen LogP contribution in [0.2, 0.25) is 0 Å². The van der Waals surface area contributed by atoms with E-state index in [1.54, 1.807) is 6.08 Å². The highest BCUT2D eigenvalue weighted by Crippen LogP contribution is 2.38. The van der Waals surface area contributed by atoms with Gasteiger partial charge in [-0.1, -0.05) is 318 Å². The van der Waals surface area contributed by atoms with E-state index in [1.165, 1.54) is 225 Å². The van der Waals surface area contributed by atoms with Crippen LogP contribution >= 0.6 is 7.82 Å². The van der Waals surface area contributed by atoms with E-state index in [-0.39, 0.29) is 19.1 Å². The number of quaternary nitrogens is 1.